The van der Waals surface area contributed by atoms with E-state index in [4.69, 9.17) is 5.11 Å². The predicted octanol–water partition coefficient (Wildman–Crippen LogP) is 0.424. The van der Waals surface area contributed by atoms with Crippen molar-refractivity contribution in [2.75, 3.05) is 26.2 Å². The van der Waals surface area contributed by atoms with Gasteiger partial charge in [0.2, 0.25) is 11.8 Å². The lowest BCUT2D eigenvalue weighted by Crippen LogP contribution is -2.45. The predicted molar refractivity (Wildman–Crippen MR) is 71.8 cm³/mol. The van der Waals surface area contributed by atoms with Crippen LogP contribution in [-0.4, -0.2) is 58.9 Å². The van der Waals surface area contributed by atoms with E-state index < -0.39 is 11.9 Å². The zero-order valence-corrected chi connectivity index (χ0v) is 12.0. The average Bonchev–Trinajstić information content (AvgIpc) is 2.80. The third kappa shape index (κ3) is 2.94. The molecule has 0 aliphatic carbocycles. The maximum Gasteiger partial charge on any atom is 0.308 e. The lowest BCUT2D eigenvalue weighted by molar-refractivity contribution is -0.142. The molecule has 0 spiro atoms. The molecule has 2 saturated heterocycles. The van der Waals surface area contributed by atoms with Crippen LogP contribution in [0.15, 0.2) is 0 Å². The molecule has 1 N–H and O–H groups in total. The van der Waals surface area contributed by atoms with Gasteiger partial charge in [0.05, 0.1) is 11.8 Å². The maximum absolute atomic E-state index is 12.5. The van der Waals surface area contributed by atoms with Crippen molar-refractivity contribution >= 4 is 17.8 Å². The molecule has 2 heterocycles. The standard InChI is InChI=1S/C14H22N2O4/c1-9-6-16(8-12(9)14(19)20)13(18)11-4-3-5-15(7-11)10(2)17/h9,11-12H,3-8H2,1-2H3,(H,19,20)/t9-,11?,12-/m1/s1. The van der Waals surface area contributed by atoms with E-state index in [1.807, 2.05) is 6.92 Å². The molecule has 2 amide bonds. The summed E-state index contributed by atoms with van der Waals surface area (Å²) >= 11 is 0. The van der Waals surface area contributed by atoms with E-state index in [0.29, 0.717) is 26.2 Å². The van der Waals surface area contributed by atoms with Gasteiger partial charge in [-0.05, 0) is 18.8 Å². The van der Waals surface area contributed by atoms with E-state index in [1.54, 1.807) is 9.80 Å². The van der Waals surface area contributed by atoms with Crippen LogP contribution in [0.1, 0.15) is 26.7 Å². The molecule has 2 fully saturated rings. The number of carbonyl (C=O) groups is 3. The van der Waals surface area contributed by atoms with Crippen LogP contribution in [0.3, 0.4) is 0 Å². The zero-order valence-electron chi connectivity index (χ0n) is 12.0. The monoisotopic (exact) mass is 282 g/mol. The number of aliphatic carboxylic acids is 1. The van der Waals surface area contributed by atoms with Gasteiger partial charge >= 0.3 is 5.97 Å². The minimum Gasteiger partial charge on any atom is -0.481 e. The number of piperidine rings is 1. The Kier molecular flexibility index (Phi) is 4.30. The summed E-state index contributed by atoms with van der Waals surface area (Å²) < 4.78 is 0. The van der Waals surface area contributed by atoms with Gasteiger partial charge in [-0.1, -0.05) is 6.92 Å². The molecule has 0 aromatic heterocycles. The molecular formula is C14H22N2O4. The molecule has 0 bridgehead atoms. The number of rotatable bonds is 2. The second-order valence-corrected chi connectivity index (χ2v) is 5.97. The SMILES string of the molecule is CC(=O)N1CCCC(C(=O)N2C[C@@H](C)[C@H](C(=O)O)C2)C1. The lowest BCUT2D eigenvalue weighted by atomic mass is 9.96. The van der Waals surface area contributed by atoms with Gasteiger partial charge in [-0.25, -0.2) is 0 Å². The number of likely N-dealkylation sites (tertiary alicyclic amines) is 2. The molecule has 20 heavy (non-hydrogen) atoms. The largest absolute Gasteiger partial charge is 0.481 e. The van der Waals surface area contributed by atoms with Gasteiger partial charge in [0.1, 0.15) is 0 Å². The van der Waals surface area contributed by atoms with Crippen LogP contribution >= 0.6 is 0 Å². The Morgan fingerprint density at radius 1 is 1.10 bits per heavy atom. The topological polar surface area (TPSA) is 77.9 Å². The van der Waals surface area contributed by atoms with Crippen LogP contribution in [0.5, 0.6) is 0 Å². The normalized spacial score (nSPS) is 30.4. The third-order valence-electron chi connectivity index (χ3n) is 4.46. The van der Waals surface area contributed by atoms with E-state index in [1.165, 1.54) is 6.92 Å². The fourth-order valence-electron chi connectivity index (χ4n) is 3.19. The summed E-state index contributed by atoms with van der Waals surface area (Å²) in [7, 11) is 0. The zero-order chi connectivity index (χ0) is 14.9. The van der Waals surface area contributed by atoms with Crippen molar-refractivity contribution in [1.29, 1.82) is 0 Å². The van der Waals surface area contributed by atoms with E-state index in [0.717, 1.165) is 12.8 Å². The smallest absolute Gasteiger partial charge is 0.308 e. The third-order valence-corrected chi connectivity index (χ3v) is 4.46. The Bertz CT molecular complexity index is 417. The summed E-state index contributed by atoms with van der Waals surface area (Å²) in [5, 5.41) is 9.12. The quantitative estimate of drug-likeness (QED) is 0.796. The summed E-state index contributed by atoms with van der Waals surface area (Å²) in [6.45, 7) is 5.38. The molecule has 1 unspecified atom stereocenters. The highest BCUT2D eigenvalue weighted by Crippen LogP contribution is 2.27. The highest BCUT2D eigenvalue weighted by molar-refractivity contribution is 5.82. The highest BCUT2D eigenvalue weighted by atomic mass is 16.4. The molecule has 3 atom stereocenters. The summed E-state index contributed by atoms with van der Waals surface area (Å²) in [5.74, 6) is -1.48. The van der Waals surface area contributed by atoms with Gasteiger partial charge in [-0.15, -0.1) is 0 Å². The molecule has 0 saturated carbocycles. The first-order valence-corrected chi connectivity index (χ1v) is 7.17. The van der Waals surface area contributed by atoms with Gasteiger partial charge in [0, 0.05) is 33.1 Å². The van der Waals surface area contributed by atoms with E-state index >= 15 is 0 Å². The number of hydrogen-bond donors (Lipinski definition) is 1. The minimum absolute atomic E-state index is 0.000650. The van der Waals surface area contributed by atoms with Gasteiger partial charge in [0.25, 0.3) is 0 Å². The first kappa shape index (κ1) is 14.8. The second kappa shape index (κ2) is 5.81. The first-order valence-electron chi connectivity index (χ1n) is 7.17. The van der Waals surface area contributed by atoms with Crippen molar-refractivity contribution < 1.29 is 19.5 Å². The van der Waals surface area contributed by atoms with Crippen molar-refractivity contribution in [3.63, 3.8) is 0 Å². The van der Waals surface area contributed by atoms with Gasteiger partial charge in [0.15, 0.2) is 0 Å². The molecule has 0 aromatic rings. The first-order chi connectivity index (χ1) is 9.40. The molecular weight excluding hydrogens is 260 g/mol. The van der Waals surface area contributed by atoms with Crippen molar-refractivity contribution in [2.24, 2.45) is 17.8 Å². The van der Waals surface area contributed by atoms with E-state index in [2.05, 4.69) is 0 Å². The number of carboxylic acids is 1. The van der Waals surface area contributed by atoms with Gasteiger partial charge in [-0.2, -0.15) is 0 Å². The van der Waals surface area contributed by atoms with Crippen LogP contribution in [-0.2, 0) is 14.4 Å². The van der Waals surface area contributed by atoms with Crippen LogP contribution in [0, 0.1) is 17.8 Å². The molecule has 2 rings (SSSR count). The number of amides is 2. The maximum atomic E-state index is 12.5. The summed E-state index contributed by atoms with van der Waals surface area (Å²) in [6.07, 6.45) is 1.62. The number of carbonyl (C=O) groups excluding carboxylic acids is 2. The fraction of sp³-hybridized carbons (Fsp3) is 0.786. The molecule has 6 heteroatoms. The molecule has 0 radical (unpaired) electrons. The summed E-state index contributed by atoms with van der Waals surface area (Å²) in [6, 6.07) is 0. The Hall–Kier alpha value is -1.59. The molecule has 2 aliphatic heterocycles. The van der Waals surface area contributed by atoms with E-state index in [-0.39, 0.29) is 23.7 Å². The number of carboxylic acid groups (broad SMARTS) is 1. The lowest BCUT2D eigenvalue weighted by Gasteiger charge is -2.33. The molecule has 0 aromatic carbocycles. The summed E-state index contributed by atoms with van der Waals surface area (Å²) in [4.78, 5) is 38.4. The highest BCUT2D eigenvalue weighted by Gasteiger charge is 2.39. The molecule has 112 valence electrons. The summed E-state index contributed by atoms with van der Waals surface area (Å²) in [5.41, 5.74) is 0. The van der Waals surface area contributed by atoms with Crippen LogP contribution < -0.4 is 0 Å². The van der Waals surface area contributed by atoms with Crippen LogP contribution in [0.2, 0.25) is 0 Å². The Labute approximate surface area is 118 Å². The Balaban J connectivity index is 1.98. The number of nitrogens with zero attached hydrogens (tertiary/aromatic N) is 2. The van der Waals surface area contributed by atoms with Crippen molar-refractivity contribution in [3.8, 4) is 0 Å². The minimum atomic E-state index is -0.832. The molecule has 6 nitrogen and oxygen atoms in total. The van der Waals surface area contributed by atoms with Crippen molar-refractivity contribution in [1.82, 2.24) is 9.80 Å². The molecule has 2 aliphatic rings. The van der Waals surface area contributed by atoms with Crippen LogP contribution in [0.25, 0.3) is 0 Å². The van der Waals surface area contributed by atoms with Gasteiger partial charge < -0.3 is 14.9 Å². The Morgan fingerprint density at radius 3 is 2.35 bits per heavy atom. The van der Waals surface area contributed by atoms with Crippen molar-refractivity contribution in [2.45, 2.75) is 26.7 Å². The average molecular weight is 282 g/mol. The second-order valence-electron chi connectivity index (χ2n) is 5.97. The van der Waals surface area contributed by atoms with Crippen molar-refractivity contribution in [3.05, 3.63) is 0 Å². The fourth-order valence-corrected chi connectivity index (χ4v) is 3.19. The van der Waals surface area contributed by atoms with Gasteiger partial charge in [-0.3, -0.25) is 14.4 Å². The van der Waals surface area contributed by atoms with Crippen LogP contribution in [0.4, 0.5) is 0 Å². The van der Waals surface area contributed by atoms with E-state index in [9.17, 15) is 14.4 Å². The Morgan fingerprint density at radius 2 is 1.80 bits per heavy atom. The number of hydrogen-bond acceptors (Lipinski definition) is 3.